The number of benzene rings is 1. The van der Waals surface area contributed by atoms with Crippen LogP contribution in [-0.2, 0) is 30.3 Å². The number of carbonyl (C=O) groups is 4. The van der Waals surface area contributed by atoms with Crippen molar-refractivity contribution in [1.82, 2.24) is 5.32 Å². The molecular formula is C21H29NO9. The summed E-state index contributed by atoms with van der Waals surface area (Å²) in [6.07, 6.45) is -0.752. The molecule has 0 aliphatic carbocycles. The summed E-state index contributed by atoms with van der Waals surface area (Å²) in [5.41, 5.74) is -1.80. The number of ether oxygens (including phenoxy) is 4. The minimum absolute atomic E-state index is 0.0158. The molecule has 0 saturated heterocycles. The molecule has 0 fully saturated rings. The van der Waals surface area contributed by atoms with Gasteiger partial charge in [-0.2, -0.15) is 0 Å². The molecule has 0 aliphatic rings. The van der Waals surface area contributed by atoms with Crippen molar-refractivity contribution in [1.29, 1.82) is 0 Å². The van der Waals surface area contributed by atoms with Crippen molar-refractivity contribution in [3.05, 3.63) is 23.8 Å². The minimum Gasteiger partial charge on any atom is -0.477 e. The third-order valence-corrected chi connectivity index (χ3v) is 4.35. The zero-order chi connectivity index (χ0) is 23.6. The van der Waals surface area contributed by atoms with Crippen LogP contribution in [0.15, 0.2) is 18.2 Å². The molecule has 2 atom stereocenters. The third kappa shape index (κ3) is 7.56. The molecule has 0 radical (unpaired) electrons. The lowest BCUT2D eigenvalue weighted by molar-refractivity contribution is -0.166. The number of esters is 2. The molecule has 1 rings (SSSR count). The Morgan fingerprint density at radius 1 is 1.03 bits per heavy atom. The van der Waals surface area contributed by atoms with Crippen molar-refractivity contribution < 1.29 is 43.2 Å². The first-order chi connectivity index (χ1) is 14.6. The molecular weight excluding hydrogens is 410 g/mol. The fourth-order valence-corrected chi connectivity index (χ4v) is 2.49. The van der Waals surface area contributed by atoms with Crippen molar-refractivity contribution in [2.24, 2.45) is 0 Å². The fourth-order valence-electron chi connectivity index (χ4n) is 2.49. The molecule has 1 aromatic carbocycles. The summed E-state index contributed by atoms with van der Waals surface area (Å²) in [5.74, 6) is -2.58. The number of methoxy groups -OCH3 is 1. The molecule has 1 aromatic rings. The predicted octanol–water partition coefficient (Wildman–Crippen LogP) is 2.81. The minimum atomic E-state index is -2.14. The van der Waals surface area contributed by atoms with Gasteiger partial charge in [-0.1, -0.05) is 26.8 Å². The Bertz CT molecular complexity index is 808. The van der Waals surface area contributed by atoms with Crippen LogP contribution in [0.1, 0.15) is 52.5 Å². The van der Waals surface area contributed by atoms with Crippen LogP contribution < -0.4 is 14.8 Å². The first-order valence-electron chi connectivity index (χ1n) is 9.93. The van der Waals surface area contributed by atoms with Crippen molar-refractivity contribution in [3.63, 3.8) is 0 Å². The van der Waals surface area contributed by atoms with Gasteiger partial charge in [0.1, 0.15) is 0 Å². The van der Waals surface area contributed by atoms with Gasteiger partial charge in [-0.05, 0) is 31.0 Å². The van der Waals surface area contributed by atoms with Crippen molar-refractivity contribution >= 4 is 24.1 Å². The van der Waals surface area contributed by atoms with Crippen LogP contribution in [0, 0.1) is 0 Å². The van der Waals surface area contributed by atoms with Crippen LogP contribution in [0.2, 0.25) is 0 Å². The van der Waals surface area contributed by atoms with E-state index in [1.165, 1.54) is 18.2 Å². The highest BCUT2D eigenvalue weighted by atomic mass is 16.7. The molecule has 2 N–H and O–H groups in total. The molecule has 0 aliphatic heterocycles. The van der Waals surface area contributed by atoms with Crippen molar-refractivity contribution in [2.75, 3.05) is 7.11 Å². The number of carboxylic acids is 1. The summed E-state index contributed by atoms with van der Waals surface area (Å²) < 4.78 is 20.0. The maximum atomic E-state index is 12.1. The molecule has 0 aromatic heterocycles. The molecule has 0 bridgehead atoms. The highest BCUT2D eigenvalue weighted by molar-refractivity contribution is 5.81. The number of aliphatic carboxylic acids is 1. The largest absolute Gasteiger partial charge is 0.510 e. The number of nitrogens with one attached hydrogen (secondary N) is 1. The Morgan fingerprint density at radius 3 is 2.10 bits per heavy atom. The number of hydrogen-bond donors (Lipinski definition) is 2. The molecule has 0 amide bonds. The van der Waals surface area contributed by atoms with E-state index < -0.39 is 29.8 Å². The van der Waals surface area contributed by atoms with Crippen LogP contribution in [0.3, 0.4) is 0 Å². The zero-order valence-electron chi connectivity index (χ0n) is 18.4. The first kappa shape index (κ1) is 25.9. The highest BCUT2D eigenvalue weighted by Gasteiger charge is 2.44. The maximum absolute atomic E-state index is 12.1. The quantitative estimate of drug-likeness (QED) is 0.301. The highest BCUT2D eigenvalue weighted by Crippen LogP contribution is 2.31. The summed E-state index contributed by atoms with van der Waals surface area (Å²) in [6.45, 7) is 6.78. The second kappa shape index (κ2) is 11.9. The van der Waals surface area contributed by atoms with E-state index in [2.05, 4.69) is 10.1 Å². The van der Waals surface area contributed by atoms with E-state index >= 15 is 0 Å². The number of carbonyl (C=O) groups excluding carboxylic acids is 3. The van der Waals surface area contributed by atoms with Crippen LogP contribution in [0.4, 0.5) is 4.79 Å². The standard InChI is InChI=1S/C21H29NO9/c1-6-13(4)22-21(19(25)26,31-20(27)28-5)12-14-9-10-15(29-17(23)7-2)16(11-14)30-18(24)8-3/h9-11,13,22H,6-8,12H2,1-5H3,(H,25,26)/t13?,21-/m0/s1. The lowest BCUT2D eigenvalue weighted by Crippen LogP contribution is -2.59. The zero-order valence-corrected chi connectivity index (χ0v) is 18.4. The normalized spacial score (nSPS) is 13.5. The Hall–Kier alpha value is -3.14. The van der Waals surface area contributed by atoms with E-state index in [0.29, 0.717) is 12.0 Å². The number of carboxylic acid groups (broad SMARTS) is 1. The van der Waals surface area contributed by atoms with Crippen LogP contribution in [0.5, 0.6) is 11.5 Å². The van der Waals surface area contributed by atoms with E-state index in [1.54, 1.807) is 20.8 Å². The number of rotatable bonds is 11. The average Bonchev–Trinajstić information content (AvgIpc) is 2.74. The Labute approximate surface area is 180 Å². The van der Waals surface area contributed by atoms with Crippen LogP contribution in [0.25, 0.3) is 0 Å². The molecule has 10 nitrogen and oxygen atoms in total. The molecule has 1 unspecified atom stereocenters. The van der Waals surface area contributed by atoms with Gasteiger partial charge in [-0.25, -0.2) is 9.59 Å². The van der Waals surface area contributed by atoms with Gasteiger partial charge in [0.15, 0.2) is 11.5 Å². The Kier molecular flexibility index (Phi) is 9.94. The Morgan fingerprint density at radius 2 is 1.61 bits per heavy atom. The van der Waals surface area contributed by atoms with Crippen molar-refractivity contribution in [3.8, 4) is 11.5 Å². The van der Waals surface area contributed by atoms with E-state index in [-0.39, 0.29) is 36.8 Å². The second-order valence-electron chi connectivity index (χ2n) is 6.76. The summed E-state index contributed by atoms with van der Waals surface area (Å²) in [5, 5.41) is 12.7. The molecule has 10 heteroatoms. The van der Waals surface area contributed by atoms with Gasteiger partial charge in [0.05, 0.1) is 7.11 Å². The first-order valence-corrected chi connectivity index (χ1v) is 9.93. The number of hydrogen-bond acceptors (Lipinski definition) is 9. The second-order valence-corrected chi connectivity index (χ2v) is 6.76. The molecule has 0 heterocycles. The van der Waals surface area contributed by atoms with E-state index in [4.69, 9.17) is 14.2 Å². The van der Waals surface area contributed by atoms with Gasteiger partial charge in [0, 0.05) is 25.3 Å². The van der Waals surface area contributed by atoms with Crippen LogP contribution in [-0.4, -0.2) is 48.0 Å². The monoisotopic (exact) mass is 439 g/mol. The maximum Gasteiger partial charge on any atom is 0.510 e. The van der Waals surface area contributed by atoms with Crippen molar-refractivity contribution in [2.45, 2.75) is 65.1 Å². The average molecular weight is 439 g/mol. The Balaban J connectivity index is 3.40. The van der Waals surface area contributed by atoms with E-state index in [9.17, 15) is 24.3 Å². The summed E-state index contributed by atoms with van der Waals surface area (Å²) in [6, 6.07) is 3.92. The topological polar surface area (TPSA) is 137 Å². The summed E-state index contributed by atoms with van der Waals surface area (Å²) >= 11 is 0. The van der Waals surface area contributed by atoms with E-state index in [1.807, 2.05) is 6.92 Å². The van der Waals surface area contributed by atoms with E-state index in [0.717, 1.165) is 7.11 Å². The van der Waals surface area contributed by atoms with Gasteiger partial charge in [0.25, 0.3) is 5.72 Å². The molecule has 0 spiro atoms. The molecule has 172 valence electrons. The molecule has 0 saturated carbocycles. The fraction of sp³-hybridized carbons (Fsp3) is 0.524. The van der Waals surface area contributed by atoms with Gasteiger partial charge in [-0.3, -0.25) is 14.9 Å². The summed E-state index contributed by atoms with van der Waals surface area (Å²) in [4.78, 5) is 47.4. The van der Waals surface area contributed by atoms with Gasteiger partial charge in [0.2, 0.25) is 0 Å². The lowest BCUT2D eigenvalue weighted by Gasteiger charge is -2.32. The molecule has 31 heavy (non-hydrogen) atoms. The smallest absolute Gasteiger partial charge is 0.477 e. The predicted molar refractivity (Wildman–Crippen MR) is 109 cm³/mol. The SMILES string of the molecule is CCC(=O)Oc1ccc(C[C@](NC(C)CC)(OC(=O)OC)C(=O)O)cc1OC(=O)CC. The summed E-state index contributed by atoms with van der Waals surface area (Å²) in [7, 11) is 1.07. The lowest BCUT2D eigenvalue weighted by atomic mass is 10.00. The van der Waals surface area contributed by atoms with Gasteiger partial charge < -0.3 is 24.1 Å². The van der Waals surface area contributed by atoms with Gasteiger partial charge >= 0.3 is 24.1 Å². The van der Waals surface area contributed by atoms with Gasteiger partial charge in [-0.15, -0.1) is 0 Å². The third-order valence-electron chi connectivity index (χ3n) is 4.35. The van der Waals surface area contributed by atoms with Crippen LogP contribution >= 0.6 is 0 Å².